The topological polar surface area (TPSA) is 30.0 Å². The van der Waals surface area contributed by atoms with Crippen LogP contribution in [0.4, 0.5) is 0 Å². The fourth-order valence-electron chi connectivity index (χ4n) is 0.763. The van der Waals surface area contributed by atoms with Crippen molar-refractivity contribution in [1.82, 2.24) is 4.98 Å². The molecule has 0 aliphatic carbocycles. The lowest BCUT2D eigenvalue weighted by Crippen LogP contribution is -1.94. The van der Waals surface area contributed by atoms with Crippen LogP contribution in [0.3, 0.4) is 0 Å². The lowest BCUT2D eigenvalue weighted by Gasteiger charge is -1.95. The van der Waals surface area contributed by atoms with Gasteiger partial charge in [0.15, 0.2) is 0 Å². The van der Waals surface area contributed by atoms with E-state index >= 15 is 0 Å². The molecule has 0 radical (unpaired) electrons. The van der Waals surface area contributed by atoms with Crippen LogP contribution in [-0.4, -0.2) is 10.2 Å². The zero-order chi connectivity index (χ0) is 10.3. The summed E-state index contributed by atoms with van der Waals surface area (Å²) in [5.74, 6) is 0. The number of aryl methyl sites for hydroxylation is 1. The highest BCUT2D eigenvalue weighted by atomic mass is 35.5. The lowest BCUT2D eigenvalue weighted by molar-refractivity contribution is -0.111. The Hall–Kier alpha value is -0.890. The molecule has 2 nitrogen and oxygen atoms in total. The number of pyridine rings is 1. The maximum Gasteiger partial charge on any atom is 0.226 e. The number of aromatic nitrogens is 1. The van der Waals surface area contributed by atoms with Crippen LogP contribution in [0.15, 0.2) is 18.3 Å². The molecular weight excluding hydrogens is 186 g/mol. The van der Waals surface area contributed by atoms with Crippen molar-refractivity contribution in [2.45, 2.75) is 27.2 Å². The standard InChI is InChI=1S/C8H8ClNO.C2H6/c1-6-2-3-7(5-10-6)4-8(9)11;1-2/h2-3,5H,4H2,1H3;1-2H3. The van der Waals surface area contributed by atoms with Gasteiger partial charge in [-0.25, -0.2) is 0 Å². The maximum atomic E-state index is 10.4. The van der Waals surface area contributed by atoms with Crippen LogP contribution in [0.2, 0.25) is 0 Å². The molecule has 0 saturated carbocycles. The highest BCUT2D eigenvalue weighted by Crippen LogP contribution is 2.01. The van der Waals surface area contributed by atoms with E-state index in [4.69, 9.17) is 11.6 Å². The van der Waals surface area contributed by atoms with Crippen LogP contribution >= 0.6 is 11.6 Å². The zero-order valence-corrected chi connectivity index (χ0v) is 8.93. The smallest absolute Gasteiger partial charge is 0.226 e. The minimum absolute atomic E-state index is 0.259. The second kappa shape index (κ2) is 6.61. The molecule has 0 spiro atoms. The molecule has 1 rings (SSSR count). The van der Waals surface area contributed by atoms with Gasteiger partial charge in [0, 0.05) is 18.3 Å². The van der Waals surface area contributed by atoms with Gasteiger partial charge in [0.25, 0.3) is 0 Å². The summed E-state index contributed by atoms with van der Waals surface area (Å²) in [5, 5.41) is -0.351. The first-order valence-corrected chi connectivity index (χ1v) is 4.66. The van der Waals surface area contributed by atoms with E-state index in [9.17, 15) is 4.79 Å². The molecule has 0 aliphatic rings. The number of nitrogens with zero attached hydrogens (tertiary/aromatic N) is 1. The molecular formula is C10H14ClNO. The third-order valence-electron chi connectivity index (χ3n) is 1.32. The number of hydrogen-bond acceptors (Lipinski definition) is 2. The van der Waals surface area contributed by atoms with Gasteiger partial charge in [0.05, 0.1) is 0 Å². The first kappa shape index (κ1) is 12.1. The van der Waals surface area contributed by atoms with Crippen molar-refractivity contribution in [3.8, 4) is 0 Å². The van der Waals surface area contributed by atoms with Gasteiger partial charge in [0.2, 0.25) is 5.24 Å². The Morgan fingerprint density at radius 2 is 2.08 bits per heavy atom. The number of halogens is 1. The van der Waals surface area contributed by atoms with Crippen LogP contribution in [0.1, 0.15) is 25.1 Å². The van der Waals surface area contributed by atoms with E-state index < -0.39 is 0 Å². The van der Waals surface area contributed by atoms with Crippen LogP contribution in [0.25, 0.3) is 0 Å². The molecule has 1 heterocycles. The fraction of sp³-hybridized carbons (Fsp3) is 0.400. The Bertz CT molecular complexity index is 256. The Balaban J connectivity index is 0.000000671. The van der Waals surface area contributed by atoms with E-state index in [1.54, 1.807) is 6.20 Å². The molecule has 0 atom stereocenters. The van der Waals surface area contributed by atoms with Crippen molar-refractivity contribution in [2.24, 2.45) is 0 Å². The molecule has 72 valence electrons. The van der Waals surface area contributed by atoms with Crippen LogP contribution in [-0.2, 0) is 11.2 Å². The molecule has 3 heteroatoms. The number of rotatable bonds is 2. The van der Waals surface area contributed by atoms with Crippen LogP contribution < -0.4 is 0 Å². The molecule has 0 aliphatic heterocycles. The maximum absolute atomic E-state index is 10.4. The van der Waals surface area contributed by atoms with Crippen molar-refractivity contribution >= 4 is 16.8 Å². The van der Waals surface area contributed by atoms with Crippen LogP contribution in [0, 0.1) is 6.92 Å². The molecule has 0 N–H and O–H groups in total. The summed E-state index contributed by atoms with van der Waals surface area (Å²) in [7, 11) is 0. The number of hydrogen-bond donors (Lipinski definition) is 0. The predicted octanol–water partition coefficient (Wildman–Crippen LogP) is 2.72. The lowest BCUT2D eigenvalue weighted by atomic mass is 10.2. The molecule has 0 unspecified atom stereocenters. The van der Waals surface area contributed by atoms with Crippen LogP contribution in [0.5, 0.6) is 0 Å². The van der Waals surface area contributed by atoms with Crippen molar-refractivity contribution in [2.75, 3.05) is 0 Å². The van der Waals surface area contributed by atoms with E-state index in [2.05, 4.69) is 4.98 Å². The second-order valence-electron chi connectivity index (χ2n) is 2.34. The zero-order valence-electron chi connectivity index (χ0n) is 8.17. The van der Waals surface area contributed by atoms with E-state index in [-0.39, 0.29) is 11.7 Å². The quantitative estimate of drug-likeness (QED) is 0.686. The average Bonchev–Trinajstić information content (AvgIpc) is 2.12. The van der Waals surface area contributed by atoms with Gasteiger partial charge in [-0.1, -0.05) is 19.9 Å². The van der Waals surface area contributed by atoms with Crippen molar-refractivity contribution in [3.63, 3.8) is 0 Å². The number of carbonyl (C=O) groups excluding carboxylic acids is 1. The third kappa shape index (κ3) is 5.36. The van der Waals surface area contributed by atoms with Gasteiger partial charge in [-0.3, -0.25) is 9.78 Å². The van der Waals surface area contributed by atoms with E-state index in [1.165, 1.54) is 0 Å². The van der Waals surface area contributed by atoms with Gasteiger partial charge in [-0.2, -0.15) is 0 Å². The Kier molecular flexibility index (Phi) is 6.15. The molecule has 0 fully saturated rings. The molecule has 1 aromatic heterocycles. The largest absolute Gasteiger partial charge is 0.281 e. The van der Waals surface area contributed by atoms with Gasteiger partial charge < -0.3 is 0 Å². The summed E-state index contributed by atoms with van der Waals surface area (Å²) in [5.41, 5.74) is 1.80. The molecule has 0 saturated heterocycles. The molecule has 1 aromatic rings. The summed E-state index contributed by atoms with van der Waals surface area (Å²) < 4.78 is 0. The summed E-state index contributed by atoms with van der Waals surface area (Å²) in [6, 6.07) is 3.71. The molecule has 0 aromatic carbocycles. The predicted molar refractivity (Wildman–Crippen MR) is 54.9 cm³/mol. The van der Waals surface area contributed by atoms with E-state index in [0.29, 0.717) is 0 Å². The van der Waals surface area contributed by atoms with Gasteiger partial charge in [-0.15, -0.1) is 0 Å². The first-order chi connectivity index (χ1) is 6.18. The van der Waals surface area contributed by atoms with E-state index in [1.807, 2.05) is 32.9 Å². The van der Waals surface area contributed by atoms with Crippen molar-refractivity contribution in [1.29, 1.82) is 0 Å². The fourth-order valence-corrected chi connectivity index (χ4v) is 0.918. The summed E-state index contributed by atoms with van der Waals surface area (Å²) in [4.78, 5) is 14.5. The normalized spacial score (nSPS) is 8.62. The summed E-state index contributed by atoms with van der Waals surface area (Å²) in [6.07, 6.45) is 1.92. The minimum Gasteiger partial charge on any atom is -0.281 e. The highest BCUT2D eigenvalue weighted by molar-refractivity contribution is 6.63. The molecule has 0 bridgehead atoms. The van der Waals surface area contributed by atoms with E-state index in [0.717, 1.165) is 11.3 Å². The SMILES string of the molecule is CC.Cc1ccc(CC(=O)Cl)cn1. The minimum atomic E-state index is -0.351. The summed E-state index contributed by atoms with van der Waals surface area (Å²) >= 11 is 5.19. The van der Waals surface area contributed by atoms with Crippen molar-refractivity contribution < 1.29 is 4.79 Å². The average molecular weight is 200 g/mol. The van der Waals surface area contributed by atoms with Gasteiger partial charge in [-0.05, 0) is 30.2 Å². The third-order valence-corrected chi connectivity index (χ3v) is 1.45. The Labute approximate surface area is 83.9 Å². The van der Waals surface area contributed by atoms with Gasteiger partial charge >= 0.3 is 0 Å². The van der Waals surface area contributed by atoms with Crippen molar-refractivity contribution in [3.05, 3.63) is 29.6 Å². The van der Waals surface area contributed by atoms with Gasteiger partial charge in [0.1, 0.15) is 0 Å². The number of carbonyl (C=O) groups is 1. The Morgan fingerprint density at radius 3 is 2.46 bits per heavy atom. The Morgan fingerprint density at radius 1 is 1.46 bits per heavy atom. The highest BCUT2D eigenvalue weighted by Gasteiger charge is 1.98. The second-order valence-corrected chi connectivity index (χ2v) is 2.76. The summed E-state index contributed by atoms with van der Waals surface area (Å²) in [6.45, 7) is 5.90. The molecule has 0 amide bonds. The molecule has 13 heavy (non-hydrogen) atoms. The first-order valence-electron chi connectivity index (χ1n) is 4.28. The monoisotopic (exact) mass is 199 g/mol.